The summed E-state index contributed by atoms with van der Waals surface area (Å²) >= 11 is 0. The third-order valence-electron chi connectivity index (χ3n) is 2.30. The van der Waals surface area contributed by atoms with Gasteiger partial charge in [-0.25, -0.2) is 9.59 Å². The number of aromatic carboxylic acids is 2. The fourth-order valence-electron chi connectivity index (χ4n) is 1.53. The van der Waals surface area contributed by atoms with E-state index in [0.29, 0.717) is 0 Å². The molecule has 0 saturated heterocycles. The van der Waals surface area contributed by atoms with Crippen molar-refractivity contribution in [2.45, 2.75) is 0 Å². The molecule has 0 aliphatic heterocycles. The molecule has 0 amide bonds. The average molecular weight is 262 g/mol. The molecule has 0 unspecified atom stereocenters. The Morgan fingerprint density at radius 2 is 1.21 bits per heavy atom. The van der Waals surface area contributed by atoms with E-state index in [4.69, 9.17) is 10.2 Å². The number of pyridine rings is 2. The molecular formula is C12H10N2O5. The Kier molecular flexibility index (Phi) is 4.27. The first-order chi connectivity index (χ1) is 8.61. The molecule has 19 heavy (non-hydrogen) atoms. The van der Waals surface area contributed by atoms with Gasteiger partial charge in [-0.15, -0.1) is 0 Å². The minimum absolute atomic E-state index is 0. The first kappa shape index (κ1) is 14.3. The average Bonchev–Trinajstić information content (AvgIpc) is 2.38. The van der Waals surface area contributed by atoms with Crippen LogP contribution in [-0.4, -0.2) is 37.6 Å². The Morgan fingerprint density at radius 1 is 0.842 bits per heavy atom. The summed E-state index contributed by atoms with van der Waals surface area (Å²) in [6.07, 6.45) is 2.78. The summed E-state index contributed by atoms with van der Waals surface area (Å²) < 4.78 is 0. The Hall–Kier alpha value is -2.80. The SMILES string of the molecule is O.O=C(O)c1cccnc1-c1ncccc1C(=O)O. The van der Waals surface area contributed by atoms with Gasteiger partial charge in [0.2, 0.25) is 0 Å². The van der Waals surface area contributed by atoms with E-state index in [2.05, 4.69) is 9.97 Å². The first-order valence-electron chi connectivity index (χ1n) is 4.98. The molecule has 2 rings (SSSR count). The molecule has 2 aromatic heterocycles. The summed E-state index contributed by atoms with van der Waals surface area (Å²) in [5.41, 5.74) is -0.0802. The Balaban J connectivity index is 0.00000180. The molecule has 0 bridgehead atoms. The van der Waals surface area contributed by atoms with E-state index in [9.17, 15) is 9.59 Å². The van der Waals surface area contributed by atoms with E-state index in [-0.39, 0.29) is 28.0 Å². The van der Waals surface area contributed by atoms with Crippen LogP contribution in [0.1, 0.15) is 20.7 Å². The highest BCUT2D eigenvalue weighted by Crippen LogP contribution is 2.22. The van der Waals surface area contributed by atoms with Crippen molar-refractivity contribution in [1.29, 1.82) is 0 Å². The second kappa shape index (κ2) is 5.69. The highest BCUT2D eigenvalue weighted by atomic mass is 16.4. The monoisotopic (exact) mass is 262 g/mol. The summed E-state index contributed by atoms with van der Waals surface area (Å²) in [4.78, 5) is 29.9. The van der Waals surface area contributed by atoms with Gasteiger partial charge < -0.3 is 15.7 Å². The van der Waals surface area contributed by atoms with Gasteiger partial charge in [-0.05, 0) is 24.3 Å². The maximum atomic E-state index is 11.1. The van der Waals surface area contributed by atoms with Crippen molar-refractivity contribution in [1.82, 2.24) is 9.97 Å². The molecule has 0 aromatic carbocycles. The molecule has 0 radical (unpaired) electrons. The van der Waals surface area contributed by atoms with Crippen molar-refractivity contribution < 1.29 is 25.3 Å². The van der Waals surface area contributed by atoms with Gasteiger partial charge in [0.15, 0.2) is 0 Å². The lowest BCUT2D eigenvalue weighted by Gasteiger charge is -2.06. The highest BCUT2D eigenvalue weighted by Gasteiger charge is 2.19. The fraction of sp³-hybridized carbons (Fsp3) is 0. The van der Waals surface area contributed by atoms with Crippen LogP contribution < -0.4 is 0 Å². The number of aromatic nitrogens is 2. The van der Waals surface area contributed by atoms with Crippen LogP contribution in [0.2, 0.25) is 0 Å². The van der Waals surface area contributed by atoms with Crippen LogP contribution in [-0.2, 0) is 0 Å². The zero-order chi connectivity index (χ0) is 13.1. The normalized spacial score (nSPS) is 9.47. The lowest BCUT2D eigenvalue weighted by atomic mass is 10.1. The molecule has 0 saturated carbocycles. The predicted molar refractivity (Wildman–Crippen MR) is 65.0 cm³/mol. The zero-order valence-electron chi connectivity index (χ0n) is 9.57. The van der Waals surface area contributed by atoms with Gasteiger partial charge in [0.05, 0.1) is 11.1 Å². The largest absolute Gasteiger partial charge is 0.478 e. The van der Waals surface area contributed by atoms with Gasteiger partial charge in [0.25, 0.3) is 0 Å². The Morgan fingerprint density at radius 3 is 1.53 bits per heavy atom. The summed E-state index contributed by atoms with van der Waals surface area (Å²) in [6, 6.07) is 5.64. The minimum atomic E-state index is -1.18. The molecule has 2 aromatic rings. The molecular weight excluding hydrogens is 252 g/mol. The van der Waals surface area contributed by atoms with Gasteiger partial charge in [0, 0.05) is 12.4 Å². The third kappa shape index (κ3) is 2.72. The number of rotatable bonds is 3. The molecule has 98 valence electrons. The summed E-state index contributed by atoms with van der Waals surface area (Å²) in [5, 5.41) is 18.1. The van der Waals surface area contributed by atoms with Gasteiger partial charge in [-0.2, -0.15) is 0 Å². The molecule has 0 spiro atoms. The lowest BCUT2D eigenvalue weighted by Crippen LogP contribution is -2.07. The van der Waals surface area contributed by atoms with Crippen LogP contribution >= 0.6 is 0 Å². The molecule has 0 atom stereocenters. The third-order valence-corrected chi connectivity index (χ3v) is 2.30. The fourth-order valence-corrected chi connectivity index (χ4v) is 1.53. The van der Waals surface area contributed by atoms with Crippen molar-refractivity contribution in [3.05, 3.63) is 47.8 Å². The second-order valence-electron chi connectivity index (χ2n) is 3.41. The minimum Gasteiger partial charge on any atom is -0.478 e. The Bertz CT molecular complexity index is 572. The van der Waals surface area contributed by atoms with Gasteiger partial charge >= 0.3 is 11.9 Å². The predicted octanol–water partition coefficient (Wildman–Crippen LogP) is 0.715. The maximum absolute atomic E-state index is 11.1. The maximum Gasteiger partial charge on any atom is 0.337 e. The van der Waals surface area contributed by atoms with E-state index >= 15 is 0 Å². The zero-order valence-corrected chi connectivity index (χ0v) is 9.57. The van der Waals surface area contributed by atoms with Gasteiger partial charge in [0.1, 0.15) is 11.4 Å². The van der Waals surface area contributed by atoms with Crippen LogP contribution in [0.25, 0.3) is 11.4 Å². The summed E-state index contributed by atoms with van der Waals surface area (Å²) in [6.45, 7) is 0. The molecule has 7 heteroatoms. The van der Waals surface area contributed by atoms with Crippen molar-refractivity contribution in [2.75, 3.05) is 0 Å². The smallest absolute Gasteiger partial charge is 0.337 e. The molecule has 2 heterocycles. The topological polar surface area (TPSA) is 132 Å². The van der Waals surface area contributed by atoms with Gasteiger partial charge in [-0.3, -0.25) is 9.97 Å². The number of hydrogen-bond donors (Lipinski definition) is 2. The second-order valence-corrected chi connectivity index (χ2v) is 3.41. The molecule has 0 aliphatic rings. The van der Waals surface area contributed by atoms with Crippen molar-refractivity contribution in [3.8, 4) is 11.4 Å². The lowest BCUT2D eigenvalue weighted by molar-refractivity contribution is 0.0683. The Labute approximate surface area is 107 Å². The van der Waals surface area contributed by atoms with E-state index < -0.39 is 11.9 Å². The molecule has 0 fully saturated rings. The standard InChI is InChI=1S/C12H8N2O4.H2O/c15-11(16)7-3-1-5-13-9(7)10-8(12(17)18)4-2-6-14-10;/h1-6H,(H,15,16)(H,17,18);1H2. The van der Waals surface area contributed by atoms with E-state index in [1.807, 2.05) is 0 Å². The molecule has 4 N–H and O–H groups in total. The van der Waals surface area contributed by atoms with E-state index in [1.54, 1.807) is 0 Å². The van der Waals surface area contributed by atoms with Crippen LogP contribution in [0.15, 0.2) is 36.7 Å². The van der Waals surface area contributed by atoms with E-state index in [1.165, 1.54) is 36.7 Å². The van der Waals surface area contributed by atoms with Crippen LogP contribution in [0, 0.1) is 0 Å². The van der Waals surface area contributed by atoms with Crippen LogP contribution in [0.5, 0.6) is 0 Å². The first-order valence-corrected chi connectivity index (χ1v) is 4.98. The van der Waals surface area contributed by atoms with Crippen molar-refractivity contribution >= 4 is 11.9 Å². The van der Waals surface area contributed by atoms with Crippen molar-refractivity contribution in [2.24, 2.45) is 0 Å². The number of nitrogens with zero attached hydrogens (tertiary/aromatic N) is 2. The number of carboxylic acids is 2. The van der Waals surface area contributed by atoms with Crippen molar-refractivity contribution in [3.63, 3.8) is 0 Å². The van der Waals surface area contributed by atoms with Gasteiger partial charge in [-0.1, -0.05) is 0 Å². The summed E-state index contributed by atoms with van der Waals surface area (Å²) in [5.74, 6) is -2.36. The highest BCUT2D eigenvalue weighted by molar-refractivity contribution is 5.99. The van der Waals surface area contributed by atoms with Crippen LogP contribution in [0.3, 0.4) is 0 Å². The quantitative estimate of drug-likeness (QED) is 0.837. The van der Waals surface area contributed by atoms with E-state index in [0.717, 1.165) is 0 Å². The summed E-state index contributed by atoms with van der Waals surface area (Å²) in [7, 11) is 0. The molecule has 0 aliphatic carbocycles. The molecule has 7 nitrogen and oxygen atoms in total. The number of carbonyl (C=O) groups is 2. The number of carboxylic acid groups (broad SMARTS) is 2. The number of hydrogen-bond acceptors (Lipinski definition) is 4. The van der Waals surface area contributed by atoms with Crippen LogP contribution in [0.4, 0.5) is 0 Å².